The molecule has 0 aromatic heterocycles. The third-order valence-corrected chi connectivity index (χ3v) is 5.80. The summed E-state index contributed by atoms with van der Waals surface area (Å²) >= 11 is 0. The minimum absolute atomic E-state index is 0.0680. The number of esters is 1. The number of benzene rings is 1. The Hall–Kier alpha value is -2.13. The van der Waals surface area contributed by atoms with Crippen LogP contribution in [0, 0.1) is 11.8 Å². The van der Waals surface area contributed by atoms with E-state index in [2.05, 4.69) is 5.32 Å². The Morgan fingerprint density at radius 2 is 1.96 bits per heavy atom. The molecule has 0 unspecified atom stereocenters. The van der Waals surface area contributed by atoms with Crippen molar-refractivity contribution in [3.8, 4) is 5.75 Å². The molecular formula is C16H22N2O6S. The average Bonchev–Trinajstić information content (AvgIpc) is 3.29. The molecule has 2 rings (SSSR count). The number of hydrogen-bond acceptors (Lipinski definition) is 6. The van der Waals surface area contributed by atoms with Gasteiger partial charge in [-0.25, -0.2) is 12.7 Å². The van der Waals surface area contributed by atoms with Gasteiger partial charge in [-0.3, -0.25) is 9.59 Å². The van der Waals surface area contributed by atoms with Crippen LogP contribution in [0.2, 0.25) is 0 Å². The van der Waals surface area contributed by atoms with E-state index in [4.69, 9.17) is 9.47 Å². The first-order valence-electron chi connectivity index (χ1n) is 7.74. The zero-order chi connectivity index (χ0) is 18.8. The number of sulfonamides is 1. The van der Waals surface area contributed by atoms with Crippen LogP contribution in [-0.2, 0) is 24.3 Å². The number of hydrogen-bond donors (Lipinski definition) is 1. The quantitative estimate of drug-likeness (QED) is 0.721. The molecule has 9 heteroatoms. The number of nitrogens with zero attached hydrogens (tertiary/aromatic N) is 1. The van der Waals surface area contributed by atoms with Crippen molar-refractivity contribution in [2.45, 2.75) is 18.2 Å². The first-order chi connectivity index (χ1) is 11.7. The van der Waals surface area contributed by atoms with Crippen LogP contribution < -0.4 is 10.1 Å². The van der Waals surface area contributed by atoms with E-state index in [0.717, 1.165) is 10.7 Å². The van der Waals surface area contributed by atoms with Crippen molar-refractivity contribution in [3.05, 3.63) is 18.2 Å². The molecule has 1 saturated carbocycles. The fourth-order valence-corrected chi connectivity index (χ4v) is 3.32. The topological polar surface area (TPSA) is 102 Å². The maximum Gasteiger partial charge on any atom is 0.309 e. The highest BCUT2D eigenvalue weighted by atomic mass is 32.2. The van der Waals surface area contributed by atoms with Gasteiger partial charge in [-0.05, 0) is 30.5 Å². The van der Waals surface area contributed by atoms with E-state index in [0.29, 0.717) is 5.92 Å². The Morgan fingerprint density at radius 3 is 2.48 bits per heavy atom. The predicted octanol–water partition coefficient (Wildman–Crippen LogP) is 1.08. The van der Waals surface area contributed by atoms with Crippen molar-refractivity contribution in [2.24, 2.45) is 11.8 Å². The van der Waals surface area contributed by atoms with Gasteiger partial charge in [0.1, 0.15) is 10.6 Å². The summed E-state index contributed by atoms with van der Waals surface area (Å²) in [7, 11) is 0.423. The molecule has 0 heterocycles. The summed E-state index contributed by atoms with van der Waals surface area (Å²) in [5, 5.41) is 2.52. The zero-order valence-corrected chi connectivity index (χ0v) is 15.4. The summed E-state index contributed by atoms with van der Waals surface area (Å²) < 4.78 is 35.8. The van der Waals surface area contributed by atoms with Gasteiger partial charge >= 0.3 is 5.97 Å². The third kappa shape index (κ3) is 4.49. The molecule has 2 atom stereocenters. The molecule has 1 aromatic carbocycles. The van der Waals surface area contributed by atoms with Gasteiger partial charge in [0.25, 0.3) is 5.91 Å². The lowest BCUT2D eigenvalue weighted by Gasteiger charge is -2.16. The summed E-state index contributed by atoms with van der Waals surface area (Å²) in [5.41, 5.74) is 0.266. The van der Waals surface area contributed by atoms with E-state index in [1.165, 1.54) is 39.4 Å². The van der Waals surface area contributed by atoms with Crippen LogP contribution >= 0.6 is 0 Å². The van der Waals surface area contributed by atoms with Crippen molar-refractivity contribution < 1.29 is 27.5 Å². The van der Waals surface area contributed by atoms with Crippen LogP contribution in [-0.4, -0.2) is 52.4 Å². The monoisotopic (exact) mass is 370 g/mol. The van der Waals surface area contributed by atoms with E-state index in [9.17, 15) is 18.0 Å². The maximum atomic E-state index is 12.3. The van der Waals surface area contributed by atoms with Crippen LogP contribution in [0.1, 0.15) is 13.3 Å². The van der Waals surface area contributed by atoms with E-state index in [1.54, 1.807) is 0 Å². The molecule has 0 bridgehead atoms. The smallest absolute Gasteiger partial charge is 0.309 e. The van der Waals surface area contributed by atoms with Gasteiger partial charge in [0, 0.05) is 19.8 Å². The van der Waals surface area contributed by atoms with E-state index in [-0.39, 0.29) is 28.2 Å². The lowest BCUT2D eigenvalue weighted by atomic mass is 10.3. The highest BCUT2D eigenvalue weighted by molar-refractivity contribution is 7.89. The molecule has 0 aliphatic heterocycles. The molecular weight excluding hydrogens is 348 g/mol. The summed E-state index contributed by atoms with van der Waals surface area (Å²) in [5.74, 6) is -0.573. The SMILES string of the molecule is COc1ccc(NC(=O)COC(=O)[C@H]2C[C@H]2C)cc1S(=O)(=O)N(C)C. The Bertz CT molecular complexity index is 775. The highest BCUT2D eigenvalue weighted by Crippen LogP contribution is 2.38. The van der Waals surface area contributed by atoms with E-state index >= 15 is 0 Å². The van der Waals surface area contributed by atoms with Crippen molar-refractivity contribution in [2.75, 3.05) is 33.1 Å². The standard InChI is InChI=1S/C16H22N2O6S/c1-10-7-12(10)16(20)24-9-15(19)17-11-5-6-13(23-4)14(8-11)25(21,22)18(2)3/h5-6,8,10,12H,7,9H2,1-4H3,(H,17,19)/t10-,12+/m1/s1. The average molecular weight is 370 g/mol. The molecule has 25 heavy (non-hydrogen) atoms. The fraction of sp³-hybridized carbons (Fsp3) is 0.500. The predicted molar refractivity (Wildman–Crippen MR) is 90.7 cm³/mol. The van der Waals surface area contributed by atoms with Crippen molar-refractivity contribution in [1.29, 1.82) is 0 Å². The molecule has 1 aliphatic carbocycles. The number of carbonyl (C=O) groups is 2. The van der Waals surface area contributed by atoms with Gasteiger partial charge in [-0.15, -0.1) is 0 Å². The number of ether oxygens (including phenoxy) is 2. The van der Waals surface area contributed by atoms with Crippen LogP contribution in [0.4, 0.5) is 5.69 Å². The number of carbonyl (C=O) groups excluding carboxylic acids is 2. The highest BCUT2D eigenvalue weighted by Gasteiger charge is 2.40. The molecule has 1 fully saturated rings. The summed E-state index contributed by atoms with van der Waals surface area (Å²) in [6.07, 6.45) is 0.782. The molecule has 1 amide bonds. The fourth-order valence-electron chi connectivity index (χ4n) is 2.24. The molecule has 1 N–H and O–H groups in total. The Labute approximate surface area is 147 Å². The number of nitrogens with one attached hydrogen (secondary N) is 1. The molecule has 0 radical (unpaired) electrons. The van der Waals surface area contributed by atoms with Gasteiger partial charge in [0.2, 0.25) is 10.0 Å². The normalized spacial score (nSPS) is 19.4. The molecule has 0 saturated heterocycles. The van der Waals surface area contributed by atoms with Crippen molar-refractivity contribution in [1.82, 2.24) is 4.31 Å². The van der Waals surface area contributed by atoms with Crippen LogP contribution in [0.3, 0.4) is 0 Å². The largest absolute Gasteiger partial charge is 0.495 e. The van der Waals surface area contributed by atoms with Crippen LogP contribution in [0.5, 0.6) is 5.75 Å². The Balaban J connectivity index is 2.07. The lowest BCUT2D eigenvalue weighted by Crippen LogP contribution is -2.24. The lowest BCUT2D eigenvalue weighted by molar-refractivity contribution is -0.148. The van der Waals surface area contributed by atoms with Gasteiger partial charge < -0.3 is 14.8 Å². The number of amides is 1. The molecule has 0 spiro atoms. The van der Waals surface area contributed by atoms with Gasteiger partial charge in [-0.1, -0.05) is 6.92 Å². The first kappa shape index (κ1) is 19.2. The van der Waals surface area contributed by atoms with Crippen LogP contribution in [0.15, 0.2) is 23.1 Å². The molecule has 8 nitrogen and oxygen atoms in total. The van der Waals surface area contributed by atoms with Gasteiger partial charge in [-0.2, -0.15) is 0 Å². The summed E-state index contributed by atoms with van der Waals surface area (Å²) in [6, 6.07) is 4.26. The number of rotatable bonds is 7. The maximum absolute atomic E-state index is 12.3. The first-order valence-corrected chi connectivity index (χ1v) is 9.18. The van der Waals surface area contributed by atoms with Gasteiger partial charge in [0.05, 0.1) is 13.0 Å². The number of methoxy groups -OCH3 is 1. The molecule has 1 aromatic rings. The van der Waals surface area contributed by atoms with Crippen LogP contribution in [0.25, 0.3) is 0 Å². The Morgan fingerprint density at radius 1 is 1.32 bits per heavy atom. The second-order valence-electron chi connectivity index (χ2n) is 6.13. The second kappa shape index (κ2) is 7.40. The summed E-state index contributed by atoms with van der Waals surface area (Å²) in [4.78, 5) is 23.5. The van der Waals surface area contributed by atoms with Crippen molar-refractivity contribution >= 4 is 27.6 Å². The zero-order valence-electron chi connectivity index (χ0n) is 14.6. The van der Waals surface area contributed by atoms with Gasteiger partial charge in [0.15, 0.2) is 6.61 Å². The summed E-state index contributed by atoms with van der Waals surface area (Å²) in [6.45, 7) is 1.53. The second-order valence-corrected chi connectivity index (χ2v) is 8.25. The number of anilines is 1. The van der Waals surface area contributed by atoms with E-state index in [1.807, 2.05) is 6.92 Å². The minimum Gasteiger partial charge on any atom is -0.495 e. The third-order valence-electron chi connectivity index (χ3n) is 3.96. The minimum atomic E-state index is -3.74. The van der Waals surface area contributed by atoms with Crippen molar-refractivity contribution in [3.63, 3.8) is 0 Å². The Kier molecular flexibility index (Phi) is 5.69. The molecule has 1 aliphatic rings. The molecule has 138 valence electrons. The van der Waals surface area contributed by atoms with E-state index < -0.39 is 22.5 Å².